The topological polar surface area (TPSA) is 59.0 Å². The fourth-order valence-electron chi connectivity index (χ4n) is 3.60. The van der Waals surface area contributed by atoms with Crippen molar-refractivity contribution in [1.82, 2.24) is 19.9 Å². The molecule has 0 N–H and O–H groups in total. The lowest BCUT2D eigenvalue weighted by atomic mass is 9.96. The summed E-state index contributed by atoms with van der Waals surface area (Å²) in [7, 11) is 0. The predicted molar refractivity (Wildman–Crippen MR) is 107 cm³/mol. The molecule has 4 rings (SSSR count). The first-order valence-electron chi connectivity index (χ1n) is 9.54. The molecule has 1 aliphatic rings. The zero-order valence-corrected chi connectivity index (χ0v) is 17.0. The van der Waals surface area contributed by atoms with Crippen molar-refractivity contribution >= 4 is 17.2 Å². The highest BCUT2D eigenvalue weighted by atomic mass is 32.1. The first kappa shape index (κ1) is 20.5. The first-order valence-corrected chi connectivity index (χ1v) is 10.4. The molecule has 5 nitrogen and oxygen atoms in total. The van der Waals surface area contributed by atoms with Gasteiger partial charge in [0.25, 0.3) is 5.91 Å². The highest BCUT2D eigenvalue weighted by Crippen LogP contribution is 2.34. The standard InChI is InChI=1S/C21H19F3N4OS/c1-13-15(6-2-8-25-13)20(29)28-9-3-5-14(12-28)19-26-16(17-7-4-10-30-17)11-18(27-19)21(22,23)24/h2,4,6-8,10-11,14H,3,5,9,12H2,1H3/t14-/m0/s1. The van der Waals surface area contributed by atoms with Crippen molar-refractivity contribution in [1.29, 1.82) is 0 Å². The molecule has 156 valence electrons. The van der Waals surface area contributed by atoms with Crippen LogP contribution in [-0.2, 0) is 6.18 Å². The van der Waals surface area contributed by atoms with E-state index in [-0.39, 0.29) is 29.9 Å². The average Bonchev–Trinajstić information content (AvgIpc) is 3.28. The van der Waals surface area contributed by atoms with Gasteiger partial charge in [-0.05, 0) is 49.4 Å². The molecule has 9 heteroatoms. The average molecular weight is 432 g/mol. The van der Waals surface area contributed by atoms with Crippen LogP contribution in [-0.4, -0.2) is 38.8 Å². The van der Waals surface area contributed by atoms with Crippen LogP contribution in [0.1, 0.15) is 46.3 Å². The Bertz CT molecular complexity index is 1050. The number of piperidine rings is 1. The van der Waals surface area contributed by atoms with Crippen LogP contribution in [0.4, 0.5) is 13.2 Å². The van der Waals surface area contributed by atoms with E-state index >= 15 is 0 Å². The van der Waals surface area contributed by atoms with E-state index in [1.807, 2.05) is 0 Å². The van der Waals surface area contributed by atoms with Gasteiger partial charge in [-0.3, -0.25) is 9.78 Å². The Labute approximate surface area is 175 Å². The second kappa shape index (κ2) is 8.14. The van der Waals surface area contributed by atoms with Crippen molar-refractivity contribution in [3.05, 3.63) is 64.7 Å². The molecular formula is C21H19F3N4OS. The van der Waals surface area contributed by atoms with Crippen LogP contribution >= 0.6 is 11.3 Å². The smallest absolute Gasteiger partial charge is 0.338 e. The molecule has 1 saturated heterocycles. The maximum absolute atomic E-state index is 13.5. The highest BCUT2D eigenvalue weighted by Gasteiger charge is 2.36. The van der Waals surface area contributed by atoms with Crippen molar-refractivity contribution in [2.45, 2.75) is 31.9 Å². The summed E-state index contributed by atoms with van der Waals surface area (Å²) in [4.78, 5) is 27.7. The molecule has 0 bridgehead atoms. The summed E-state index contributed by atoms with van der Waals surface area (Å²) in [6.07, 6.45) is -1.65. The maximum Gasteiger partial charge on any atom is 0.433 e. The number of aryl methyl sites for hydroxylation is 1. The third-order valence-electron chi connectivity index (χ3n) is 5.12. The Hall–Kier alpha value is -2.81. The molecule has 0 radical (unpaired) electrons. The number of nitrogens with zero attached hydrogens (tertiary/aromatic N) is 4. The van der Waals surface area contributed by atoms with Gasteiger partial charge in [-0.15, -0.1) is 11.3 Å². The highest BCUT2D eigenvalue weighted by molar-refractivity contribution is 7.13. The summed E-state index contributed by atoms with van der Waals surface area (Å²) in [6, 6.07) is 7.90. The second-order valence-corrected chi connectivity index (χ2v) is 8.15. The fourth-order valence-corrected chi connectivity index (χ4v) is 4.28. The number of alkyl halides is 3. The molecule has 30 heavy (non-hydrogen) atoms. The lowest BCUT2D eigenvalue weighted by molar-refractivity contribution is -0.141. The van der Waals surface area contributed by atoms with Crippen LogP contribution in [0.2, 0.25) is 0 Å². The quantitative estimate of drug-likeness (QED) is 0.588. The Morgan fingerprint density at radius 3 is 2.77 bits per heavy atom. The third-order valence-corrected chi connectivity index (χ3v) is 6.01. The van der Waals surface area contributed by atoms with E-state index in [9.17, 15) is 18.0 Å². The molecule has 1 aliphatic heterocycles. The number of halogens is 3. The number of likely N-dealkylation sites (tertiary alicyclic amines) is 1. The molecule has 0 spiro atoms. The SMILES string of the molecule is Cc1ncccc1C(=O)N1CCC[C@H](c2nc(-c3cccs3)cc(C(F)(F)F)n2)C1. The van der Waals surface area contributed by atoms with E-state index in [4.69, 9.17) is 0 Å². The molecule has 1 amide bonds. The largest absolute Gasteiger partial charge is 0.433 e. The number of pyridine rings is 1. The van der Waals surface area contributed by atoms with Gasteiger partial charge in [0.2, 0.25) is 0 Å². The third kappa shape index (κ3) is 4.21. The number of rotatable bonds is 3. The zero-order valence-electron chi connectivity index (χ0n) is 16.2. The van der Waals surface area contributed by atoms with Crippen LogP contribution in [0.3, 0.4) is 0 Å². The Morgan fingerprint density at radius 2 is 2.07 bits per heavy atom. The van der Waals surface area contributed by atoms with Crippen molar-refractivity contribution in [2.75, 3.05) is 13.1 Å². The lowest BCUT2D eigenvalue weighted by Crippen LogP contribution is -2.40. The fraction of sp³-hybridized carbons (Fsp3) is 0.333. The molecule has 0 unspecified atom stereocenters. The minimum absolute atomic E-state index is 0.133. The lowest BCUT2D eigenvalue weighted by Gasteiger charge is -2.32. The number of hydrogen-bond donors (Lipinski definition) is 0. The van der Waals surface area contributed by atoms with Gasteiger partial charge in [-0.25, -0.2) is 9.97 Å². The van der Waals surface area contributed by atoms with Crippen LogP contribution in [0.15, 0.2) is 41.9 Å². The molecule has 3 aromatic heterocycles. The van der Waals surface area contributed by atoms with Gasteiger partial charge >= 0.3 is 6.18 Å². The first-order chi connectivity index (χ1) is 14.3. The summed E-state index contributed by atoms with van der Waals surface area (Å²) in [5, 5.41) is 1.79. The minimum Gasteiger partial charge on any atom is -0.338 e. The van der Waals surface area contributed by atoms with Crippen LogP contribution in [0.5, 0.6) is 0 Å². The maximum atomic E-state index is 13.5. The van der Waals surface area contributed by atoms with E-state index in [0.29, 0.717) is 35.5 Å². The molecule has 0 aliphatic carbocycles. The van der Waals surface area contributed by atoms with Gasteiger partial charge in [-0.1, -0.05) is 6.07 Å². The van der Waals surface area contributed by atoms with E-state index in [0.717, 1.165) is 6.07 Å². The summed E-state index contributed by atoms with van der Waals surface area (Å²) >= 11 is 1.33. The van der Waals surface area contributed by atoms with Crippen molar-refractivity contribution in [3.63, 3.8) is 0 Å². The monoisotopic (exact) mass is 432 g/mol. The van der Waals surface area contributed by atoms with Gasteiger partial charge in [0, 0.05) is 30.9 Å². The van der Waals surface area contributed by atoms with E-state index in [2.05, 4.69) is 15.0 Å². The van der Waals surface area contributed by atoms with Crippen LogP contribution in [0, 0.1) is 6.92 Å². The Balaban J connectivity index is 1.65. The summed E-state index contributed by atoms with van der Waals surface area (Å²) in [6.45, 7) is 2.58. The number of carbonyl (C=O) groups excluding carboxylic acids is 1. The Kier molecular flexibility index (Phi) is 5.55. The molecule has 1 atom stereocenters. The number of aromatic nitrogens is 3. The molecular weight excluding hydrogens is 413 g/mol. The van der Waals surface area contributed by atoms with Crippen LogP contribution in [0.25, 0.3) is 10.6 Å². The zero-order chi connectivity index (χ0) is 21.3. The van der Waals surface area contributed by atoms with Crippen molar-refractivity contribution in [3.8, 4) is 10.6 Å². The van der Waals surface area contributed by atoms with Crippen molar-refractivity contribution < 1.29 is 18.0 Å². The van der Waals surface area contributed by atoms with E-state index < -0.39 is 11.9 Å². The van der Waals surface area contributed by atoms with Crippen LogP contribution < -0.4 is 0 Å². The predicted octanol–water partition coefficient (Wildman–Crippen LogP) is 4.95. The number of hydrogen-bond acceptors (Lipinski definition) is 5. The number of thiophene rings is 1. The molecule has 1 fully saturated rings. The van der Waals surface area contributed by atoms with Crippen molar-refractivity contribution in [2.24, 2.45) is 0 Å². The van der Waals surface area contributed by atoms with Gasteiger partial charge in [0.05, 0.1) is 16.1 Å². The summed E-state index contributed by atoms with van der Waals surface area (Å²) in [5.74, 6) is -0.398. The Morgan fingerprint density at radius 1 is 1.23 bits per heavy atom. The summed E-state index contributed by atoms with van der Waals surface area (Å²) < 4.78 is 40.4. The van der Waals surface area contributed by atoms with Gasteiger partial charge in [-0.2, -0.15) is 13.2 Å². The second-order valence-electron chi connectivity index (χ2n) is 7.20. The normalized spacial score (nSPS) is 17.2. The van der Waals surface area contributed by atoms with Gasteiger partial charge in [0.15, 0.2) is 0 Å². The number of amides is 1. The van der Waals surface area contributed by atoms with Gasteiger partial charge < -0.3 is 4.90 Å². The van der Waals surface area contributed by atoms with Gasteiger partial charge in [0.1, 0.15) is 11.5 Å². The number of carbonyl (C=O) groups is 1. The summed E-state index contributed by atoms with van der Waals surface area (Å²) in [5.41, 5.74) is 0.429. The molecule has 0 saturated carbocycles. The molecule has 3 aromatic rings. The van der Waals surface area contributed by atoms with E-state index in [1.54, 1.807) is 47.7 Å². The van der Waals surface area contributed by atoms with E-state index in [1.165, 1.54) is 11.3 Å². The minimum atomic E-state index is -4.57. The molecule has 4 heterocycles. The molecule has 0 aromatic carbocycles.